The molecule has 0 saturated heterocycles. The fraction of sp³-hybridized carbons (Fsp3) is 0. The molecule has 0 radical (unpaired) electrons. The Morgan fingerprint density at radius 2 is 1.57 bits per heavy atom. The number of hydrogen-bond donors (Lipinski definition) is 1. The van der Waals surface area contributed by atoms with E-state index in [1.165, 1.54) is 0 Å². The third kappa shape index (κ3) is 73.7. The Morgan fingerprint density at radius 3 is 1.57 bits per heavy atom. The van der Waals surface area contributed by atoms with Crippen molar-refractivity contribution in [3.05, 3.63) is 0 Å². The minimum Gasteiger partial charge on any atom is -1.00 e. The van der Waals surface area contributed by atoms with Gasteiger partial charge in [0.25, 0.3) is 0 Å². The molecule has 7 heavy (non-hydrogen) atoms. The Hall–Kier alpha value is 1.96. The summed E-state index contributed by atoms with van der Waals surface area (Å²) in [5.41, 5.74) is 0. The molecule has 34 valence electrons. The minimum absolute atomic E-state index is 0. The van der Waals surface area contributed by atoms with Crippen LogP contribution in [0, 0.1) is 0 Å². The first kappa shape index (κ1) is 23.1. The molecule has 0 aliphatic rings. The third-order valence-electron chi connectivity index (χ3n) is 0. The first-order valence-electron chi connectivity index (χ1n) is 0.516. The van der Waals surface area contributed by atoms with Crippen LogP contribution in [0.2, 0.25) is 0 Å². The predicted octanol–water partition coefficient (Wildman–Crippen LogP) is -9.65. The normalized spacial score (nSPS) is 8.86. The Bertz CT molecular complexity index is 37.9. The standard InChI is InChI=1S/ClH.Li.Na.H2O3S/c;;;1-4(2)3/h1H;;;(H2,1,2,3)/q;2*+1;/p-2. The van der Waals surface area contributed by atoms with Gasteiger partial charge in [0.05, 0.1) is 11.4 Å². The molecule has 0 spiro atoms. The van der Waals surface area contributed by atoms with Gasteiger partial charge in [-0.25, -0.2) is 4.21 Å². The molecule has 0 amide bonds. The van der Waals surface area contributed by atoms with Crippen molar-refractivity contribution in [2.24, 2.45) is 0 Å². The summed E-state index contributed by atoms with van der Waals surface area (Å²) in [7, 11) is 0. The van der Waals surface area contributed by atoms with Gasteiger partial charge in [0, 0.05) is 0 Å². The second-order valence-electron chi connectivity index (χ2n) is 0.217. The topological polar surface area (TPSA) is 60.4 Å². The molecule has 0 aromatic heterocycles. The van der Waals surface area contributed by atoms with Crippen molar-refractivity contribution < 1.29 is 74.1 Å². The smallest absolute Gasteiger partial charge is 1.00 e. The zero-order valence-corrected chi connectivity index (χ0v) is 7.62. The summed E-state index contributed by atoms with van der Waals surface area (Å²) in [4.78, 5) is 0. The molecule has 0 fully saturated rings. The van der Waals surface area contributed by atoms with E-state index in [1.807, 2.05) is 0 Å². The van der Waals surface area contributed by atoms with E-state index in [0.717, 1.165) is 0 Å². The summed E-state index contributed by atoms with van der Waals surface area (Å²) in [6, 6.07) is 0. The van der Waals surface area contributed by atoms with Crippen molar-refractivity contribution in [1.29, 1.82) is 0 Å². The first-order valence-corrected chi connectivity index (χ1v) is 1.55. The van der Waals surface area contributed by atoms with E-state index >= 15 is 0 Å². The van der Waals surface area contributed by atoms with Crippen LogP contribution >= 0.6 is 0 Å². The van der Waals surface area contributed by atoms with Crippen molar-refractivity contribution in [2.75, 3.05) is 0 Å². The fourth-order valence-electron chi connectivity index (χ4n) is 0. The average Bonchev–Trinajstić information content (AvgIpc) is 0.811. The SMILES string of the molecule is O=S([O-])O.[Cl-].[Li+].[Na+]. The molecule has 0 aromatic rings. The monoisotopic (exact) mass is 146 g/mol. The average molecular weight is 146 g/mol. The maximum absolute atomic E-state index is 8.56. The molecule has 0 saturated carbocycles. The number of halogens is 1. The van der Waals surface area contributed by atoms with Gasteiger partial charge in [0.15, 0.2) is 0 Å². The van der Waals surface area contributed by atoms with E-state index in [9.17, 15) is 0 Å². The van der Waals surface area contributed by atoms with Crippen molar-refractivity contribution in [2.45, 2.75) is 0 Å². The molecule has 3 nitrogen and oxygen atoms in total. The molecule has 7 heteroatoms. The van der Waals surface area contributed by atoms with Crippen LogP contribution in [-0.2, 0) is 11.4 Å². The van der Waals surface area contributed by atoms with Gasteiger partial charge >= 0.3 is 48.4 Å². The number of hydrogen-bond acceptors (Lipinski definition) is 2. The predicted molar refractivity (Wildman–Crippen MR) is 11.5 cm³/mol. The summed E-state index contributed by atoms with van der Waals surface area (Å²) in [5.74, 6) is 0. The summed E-state index contributed by atoms with van der Waals surface area (Å²) < 4.78 is 24.1. The van der Waals surface area contributed by atoms with Crippen molar-refractivity contribution in [3.8, 4) is 0 Å². The Morgan fingerprint density at radius 1 is 1.57 bits per heavy atom. The third-order valence-corrected chi connectivity index (χ3v) is 0. The molecular formula is HClLiNaO3S. The van der Waals surface area contributed by atoms with Gasteiger partial charge in [0.1, 0.15) is 0 Å². The van der Waals surface area contributed by atoms with Crippen LogP contribution in [-0.4, -0.2) is 13.3 Å². The minimum atomic E-state index is -2.86. The zero-order valence-electron chi connectivity index (χ0n) is 4.05. The van der Waals surface area contributed by atoms with Crippen LogP contribution < -0.4 is 60.8 Å². The summed E-state index contributed by atoms with van der Waals surface area (Å²) in [5, 5.41) is 0. The van der Waals surface area contributed by atoms with Crippen LogP contribution in [0.3, 0.4) is 0 Å². The van der Waals surface area contributed by atoms with Gasteiger partial charge in [-0.3, -0.25) is 0 Å². The first-order chi connectivity index (χ1) is 1.73. The maximum atomic E-state index is 8.56. The molecule has 0 aliphatic carbocycles. The van der Waals surface area contributed by atoms with Crippen molar-refractivity contribution in [1.82, 2.24) is 0 Å². The van der Waals surface area contributed by atoms with Crippen LogP contribution in [0.4, 0.5) is 0 Å². The molecule has 1 atom stereocenters. The van der Waals surface area contributed by atoms with E-state index in [4.69, 9.17) is 13.3 Å². The molecule has 0 aliphatic heterocycles. The second-order valence-corrected chi connectivity index (χ2v) is 0.651. The van der Waals surface area contributed by atoms with Gasteiger partial charge < -0.3 is 21.5 Å². The van der Waals surface area contributed by atoms with Gasteiger partial charge in [0.2, 0.25) is 0 Å². The quantitative estimate of drug-likeness (QED) is 0.273. The Balaban J connectivity index is -0.0000000150. The van der Waals surface area contributed by atoms with Gasteiger partial charge in [-0.05, 0) is 0 Å². The maximum Gasteiger partial charge on any atom is 1.00 e. The van der Waals surface area contributed by atoms with E-state index < -0.39 is 11.4 Å². The van der Waals surface area contributed by atoms with Gasteiger partial charge in [-0.15, -0.1) is 0 Å². The van der Waals surface area contributed by atoms with Crippen molar-refractivity contribution in [3.63, 3.8) is 0 Å². The largest absolute Gasteiger partial charge is 1.00 e. The van der Waals surface area contributed by atoms with Crippen LogP contribution in [0.5, 0.6) is 0 Å². The Kier molecular flexibility index (Phi) is 51.7. The summed E-state index contributed by atoms with van der Waals surface area (Å²) in [6.07, 6.45) is 0. The number of rotatable bonds is 0. The van der Waals surface area contributed by atoms with E-state index in [1.54, 1.807) is 0 Å². The molecule has 0 bridgehead atoms. The van der Waals surface area contributed by atoms with Crippen molar-refractivity contribution >= 4 is 11.4 Å². The van der Waals surface area contributed by atoms with E-state index in [2.05, 4.69) is 0 Å². The molecular weight excluding hydrogens is 145 g/mol. The Labute approximate surface area is 84.6 Å². The van der Waals surface area contributed by atoms with Gasteiger partial charge in [-0.1, -0.05) is 0 Å². The molecule has 0 rings (SSSR count). The van der Waals surface area contributed by atoms with E-state index in [0.29, 0.717) is 0 Å². The van der Waals surface area contributed by atoms with Crippen LogP contribution in [0.15, 0.2) is 0 Å². The molecule has 1 unspecified atom stereocenters. The summed E-state index contributed by atoms with van der Waals surface area (Å²) in [6.45, 7) is 0. The van der Waals surface area contributed by atoms with Crippen LogP contribution in [0.1, 0.15) is 0 Å². The second kappa shape index (κ2) is 15.7. The zero-order chi connectivity index (χ0) is 3.58. The summed E-state index contributed by atoms with van der Waals surface area (Å²) >= 11 is -2.86. The fourth-order valence-corrected chi connectivity index (χ4v) is 0. The molecule has 0 heterocycles. The van der Waals surface area contributed by atoms with Gasteiger partial charge in [-0.2, -0.15) is 0 Å². The van der Waals surface area contributed by atoms with E-state index in [-0.39, 0.29) is 60.8 Å². The molecule has 1 N–H and O–H groups in total. The van der Waals surface area contributed by atoms with Crippen LogP contribution in [0.25, 0.3) is 0 Å². The molecule has 0 aromatic carbocycles.